The normalized spacial score (nSPS) is 25.9. The molecule has 3 atom stereocenters. The van der Waals surface area contributed by atoms with Gasteiger partial charge in [-0.15, -0.1) is 0 Å². The van der Waals surface area contributed by atoms with Gasteiger partial charge in [0.2, 0.25) is 11.8 Å². The summed E-state index contributed by atoms with van der Waals surface area (Å²) in [5.74, 6) is 1.29. The molecule has 2 bridgehead atoms. The summed E-state index contributed by atoms with van der Waals surface area (Å²) in [6, 6.07) is 7.55. The lowest BCUT2D eigenvalue weighted by Gasteiger charge is -2.17. The molecule has 4 heteroatoms. The second-order valence-corrected chi connectivity index (χ2v) is 5.98. The molecular weight excluding hydrogens is 264 g/mol. The Labute approximate surface area is 124 Å². The van der Waals surface area contributed by atoms with E-state index in [9.17, 15) is 9.59 Å². The van der Waals surface area contributed by atoms with Crippen LogP contribution >= 0.6 is 0 Å². The minimum Gasteiger partial charge on any atom is -0.352 e. The average Bonchev–Trinajstić information content (AvgIpc) is 3.08. The molecule has 0 heterocycles. The summed E-state index contributed by atoms with van der Waals surface area (Å²) in [6.45, 7) is 2.02. The molecule has 4 nitrogen and oxygen atoms in total. The van der Waals surface area contributed by atoms with E-state index in [-0.39, 0.29) is 17.7 Å². The van der Waals surface area contributed by atoms with E-state index in [1.54, 1.807) is 0 Å². The number of hydrogen-bond donors (Lipinski definition) is 2. The van der Waals surface area contributed by atoms with Crippen LogP contribution in [0.4, 0.5) is 5.69 Å². The summed E-state index contributed by atoms with van der Waals surface area (Å²) in [4.78, 5) is 23.2. The van der Waals surface area contributed by atoms with Crippen LogP contribution in [0, 0.1) is 17.8 Å². The van der Waals surface area contributed by atoms with Crippen LogP contribution in [0.15, 0.2) is 36.4 Å². The lowest BCUT2D eigenvalue weighted by atomic mass is 9.93. The minimum atomic E-state index is -0.0830. The van der Waals surface area contributed by atoms with Gasteiger partial charge in [0, 0.05) is 25.1 Å². The van der Waals surface area contributed by atoms with Crippen LogP contribution in [-0.2, 0) is 16.1 Å². The zero-order valence-corrected chi connectivity index (χ0v) is 12.1. The van der Waals surface area contributed by atoms with Crippen LogP contribution in [0.25, 0.3) is 0 Å². The third-order valence-corrected chi connectivity index (χ3v) is 4.36. The number of anilines is 1. The molecule has 21 heavy (non-hydrogen) atoms. The second kappa shape index (κ2) is 5.72. The molecule has 0 spiro atoms. The van der Waals surface area contributed by atoms with Crippen LogP contribution in [0.3, 0.4) is 0 Å². The Hall–Kier alpha value is -2.10. The van der Waals surface area contributed by atoms with E-state index in [2.05, 4.69) is 22.8 Å². The molecule has 2 amide bonds. The monoisotopic (exact) mass is 284 g/mol. The molecule has 3 unspecified atom stereocenters. The minimum absolute atomic E-state index is 0.0830. The first-order valence-corrected chi connectivity index (χ1v) is 7.44. The first-order chi connectivity index (χ1) is 10.1. The van der Waals surface area contributed by atoms with Gasteiger partial charge in [0.1, 0.15) is 0 Å². The third kappa shape index (κ3) is 3.15. The molecule has 2 N–H and O–H groups in total. The van der Waals surface area contributed by atoms with E-state index in [1.165, 1.54) is 6.92 Å². The summed E-state index contributed by atoms with van der Waals surface area (Å²) in [5, 5.41) is 5.75. The van der Waals surface area contributed by atoms with Crippen molar-refractivity contribution in [2.24, 2.45) is 17.8 Å². The Balaban J connectivity index is 1.52. The summed E-state index contributed by atoms with van der Waals surface area (Å²) >= 11 is 0. The Morgan fingerprint density at radius 1 is 1.14 bits per heavy atom. The summed E-state index contributed by atoms with van der Waals surface area (Å²) in [5.41, 5.74) is 1.81. The molecule has 0 radical (unpaired) electrons. The van der Waals surface area contributed by atoms with Crippen molar-refractivity contribution in [3.63, 3.8) is 0 Å². The van der Waals surface area contributed by atoms with Gasteiger partial charge >= 0.3 is 0 Å². The van der Waals surface area contributed by atoms with Crippen molar-refractivity contribution >= 4 is 17.5 Å². The standard InChI is InChI=1S/C17H20N2O2/c1-11(20)19-15-6-3-12(4-7-15)10-18-17(21)16-9-13-2-5-14(16)8-13/h2-7,13-14,16H,8-10H2,1H3,(H,18,21)(H,19,20). The number of fused-ring (bicyclic) bond motifs is 2. The van der Waals surface area contributed by atoms with Crippen molar-refractivity contribution in [1.29, 1.82) is 0 Å². The van der Waals surface area contributed by atoms with E-state index in [0.29, 0.717) is 18.4 Å². The van der Waals surface area contributed by atoms with E-state index in [0.717, 1.165) is 24.1 Å². The van der Waals surface area contributed by atoms with Crippen LogP contribution in [0.1, 0.15) is 25.3 Å². The summed E-state index contributed by atoms with van der Waals surface area (Å²) in [7, 11) is 0. The maximum Gasteiger partial charge on any atom is 0.223 e. The molecule has 1 aromatic carbocycles. The number of carbonyl (C=O) groups excluding carboxylic acids is 2. The number of allylic oxidation sites excluding steroid dienone is 2. The SMILES string of the molecule is CC(=O)Nc1ccc(CNC(=O)C2CC3C=CC2C3)cc1. The van der Waals surface area contributed by atoms with Gasteiger partial charge in [-0.2, -0.15) is 0 Å². The van der Waals surface area contributed by atoms with Crippen molar-refractivity contribution in [3.05, 3.63) is 42.0 Å². The Morgan fingerprint density at radius 2 is 1.90 bits per heavy atom. The highest BCUT2D eigenvalue weighted by atomic mass is 16.2. The average molecular weight is 284 g/mol. The van der Waals surface area contributed by atoms with Crippen molar-refractivity contribution in [1.82, 2.24) is 5.32 Å². The van der Waals surface area contributed by atoms with Gasteiger partial charge in [0.15, 0.2) is 0 Å². The number of rotatable bonds is 4. The highest BCUT2D eigenvalue weighted by molar-refractivity contribution is 5.88. The summed E-state index contributed by atoms with van der Waals surface area (Å²) < 4.78 is 0. The molecular formula is C17H20N2O2. The van der Waals surface area contributed by atoms with Crippen molar-refractivity contribution in [2.75, 3.05) is 5.32 Å². The van der Waals surface area contributed by atoms with Gasteiger partial charge in [0.25, 0.3) is 0 Å². The number of benzene rings is 1. The largest absolute Gasteiger partial charge is 0.352 e. The molecule has 2 aliphatic rings. The highest BCUT2D eigenvalue weighted by Gasteiger charge is 2.39. The smallest absolute Gasteiger partial charge is 0.223 e. The molecule has 1 aromatic rings. The second-order valence-electron chi connectivity index (χ2n) is 5.98. The molecule has 0 saturated heterocycles. The quantitative estimate of drug-likeness (QED) is 0.834. The molecule has 3 rings (SSSR count). The first kappa shape index (κ1) is 13.9. The Morgan fingerprint density at radius 3 is 2.48 bits per heavy atom. The van der Waals surface area contributed by atoms with Crippen molar-refractivity contribution < 1.29 is 9.59 Å². The fraction of sp³-hybridized carbons (Fsp3) is 0.412. The molecule has 0 aliphatic heterocycles. The third-order valence-electron chi connectivity index (χ3n) is 4.36. The lowest BCUT2D eigenvalue weighted by molar-refractivity contribution is -0.125. The van der Waals surface area contributed by atoms with Gasteiger partial charge in [-0.25, -0.2) is 0 Å². The van der Waals surface area contributed by atoms with Gasteiger partial charge in [-0.3, -0.25) is 9.59 Å². The first-order valence-electron chi connectivity index (χ1n) is 7.44. The van der Waals surface area contributed by atoms with E-state index < -0.39 is 0 Å². The number of nitrogens with one attached hydrogen (secondary N) is 2. The highest BCUT2D eigenvalue weighted by Crippen LogP contribution is 2.43. The summed E-state index contributed by atoms with van der Waals surface area (Å²) in [6.07, 6.45) is 6.58. The number of carbonyl (C=O) groups is 2. The van der Waals surface area contributed by atoms with Gasteiger partial charge < -0.3 is 10.6 Å². The number of hydrogen-bond acceptors (Lipinski definition) is 2. The Kier molecular flexibility index (Phi) is 3.78. The zero-order valence-electron chi connectivity index (χ0n) is 12.1. The van der Waals surface area contributed by atoms with Crippen LogP contribution < -0.4 is 10.6 Å². The lowest BCUT2D eigenvalue weighted by Crippen LogP contribution is -2.32. The van der Waals surface area contributed by atoms with Crippen LogP contribution in [0.5, 0.6) is 0 Å². The molecule has 0 aromatic heterocycles. The van der Waals surface area contributed by atoms with Gasteiger partial charge in [0.05, 0.1) is 0 Å². The molecule has 1 saturated carbocycles. The van der Waals surface area contributed by atoms with Gasteiger partial charge in [-0.1, -0.05) is 24.3 Å². The topological polar surface area (TPSA) is 58.2 Å². The maximum absolute atomic E-state index is 12.2. The molecule has 110 valence electrons. The predicted octanol–water partition coefficient (Wildman–Crippen LogP) is 2.47. The van der Waals surface area contributed by atoms with Crippen LogP contribution in [-0.4, -0.2) is 11.8 Å². The fourth-order valence-corrected chi connectivity index (χ4v) is 3.31. The Bertz CT molecular complexity index is 577. The van der Waals surface area contributed by atoms with E-state index >= 15 is 0 Å². The fourth-order valence-electron chi connectivity index (χ4n) is 3.31. The zero-order chi connectivity index (χ0) is 14.8. The van der Waals surface area contributed by atoms with Crippen molar-refractivity contribution in [3.8, 4) is 0 Å². The predicted molar refractivity (Wildman–Crippen MR) is 81.4 cm³/mol. The number of amides is 2. The maximum atomic E-state index is 12.2. The van der Waals surface area contributed by atoms with Crippen molar-refractivity contribution in [2.45, 2.75) is 26.3 Å². The van der Waals surface area contributed by atoms with E-state index in [4.69, 9.17) is 0 Å². The van der Waals surface area contributed by atoms with Crippen LogP contribution in [0.2, 0.25) is 0 Å². The van der Waals surface area contributed by atoms with Gasteiger partial charge in [-0.05, 0) is 42.4 Å². The molecule has 1 fully saturated rings. The van der Waals surface area contributed by atoms with E-state index in [1.807, 2.05) is 24.3 Å². The molecule has 2 aliphatic carbocycles.